The number of non-ortho nitro benzene ring substituents is 1. The summed E-state index contributed by atoms with van der Waals surface area (Å²) in [6.45, 7) is 0.349. The van der Waals surface area contributed by atoms with Gasteiger partial charge in [-0.25, -0.2) is 18.1 Å². The molecule has 10 heteroatoms. The van der Waals surface area contributed by atoms with Crippen molar-refractivity contribution in [1.82, 2.24) is 9.71 Å². The van der Waals surface area contributed by atoms with E-state index < -0.39 is 14.9 Å². The quantitative estimate of drug-likeness (QED) is 0.355. The third-order valence-corrected chi connectivity index (χ3v) is 5.38. The number of hydrogen-bond donors (Lipinski definition) is 2. The van der Waals surface area contributed by atoms with E-state index in [0.717, 1.165) is 0 Å². The number of hydrogen-bond acceptors (Lipinski definition) is 7. The van der Waals surface area contributed by atoms with Crippen molar-refractivity contribution in [2.45, 2.75) is 4.90 Å². The van der Waals surface area contributed by atoms with Crippen LogP contribution >= 0.6 is 0 Å². The maximum absolute atomic E-state index is 12.2. The van der Waals surface area contributed by atoms with Gasteiger partial charge in [-0.05, 0) is 24.3 Å². The Bertz CT molecular complexity index is 1170. The molecule has 1 heterocycles. The molecule has 9 nitrogen and oxygen atoms in total. The second kappa shape index (κ2) is 7.99. The molecule has 0 spiro atoms. The van der Waals surface area contributed by atoms with Gasteiger partial charge in [-0.2, -0.15) is 5.26 Å². The van der Waals surface area contributed by atoms with Crippen molar-refractivity contribution in [2.24, 2.45) is 0 Å². The van der Waals surface area contributed by atoms with Crippen molar-refractivity contribution in [3.05, 3.63) is 70.3 Å². The van der Waals surface area contributed by atoms with Crippen LogP contribution in [0.25, 0.3) is 10.9 Å². The molecule has 0 aliphatic carbocycles. The fraction of sp³-hybridized carbons (Fsp3) is 0.111. The summed E-state index contributed by atoms with van der Waals surface area (Å²) in [6, 6.07) is 15.6. The molecule has 2 aromatic carbocycles. The zero-order valence-corrected chi connectivity index (χ0v) is 15.3. The molecule has 0 aliphatic rings. The third-order valence-electron chi connectivity index (χ3n) is 3.90. The minimum atomic E-state index is -3.60. The molecule has 3 aromatic rings. The molecule has 2 N–H and O–H groups in total. The van der Waals surface area contributed by atoms with E-state index in [1.54, 1.807) is 18.2 Å². The minimum Gasteiger partial charge on any atom is -0.369 e. The molecule has 0 unspecified atom stereocenters. The SMILES string of the molecule is N#Cc1cc(NCCNS(=O)(=O)c2ccccc2)nc2ccc([N+](=O)[O-])cc12. The van der Waals surface area contributed by atoms with Crippen LogP contribution in [0.2, 0.25) is 0 Å². The lowest BCUT2D eigenvalue weighted by Gasteiger charge is -2.10. The number of aromatic nitrogens is 1. The molecule has 3 rings (SSSR count). The minimum absolute atomic E-state index is 0.110. The predicted molar refractivity (Wildman–Crippen MR) is 103 cm³/mol. The summed E-state index contributed by atoms with van der Waals surface area (Å²) >= 11 is 0. The second-order valence-corrected chi connectivity index (χ2v) is 7.53. The lowest BCUT2D eigenvalue weighted by atomic mass is 10.1. The van der Waals surface area contributed by atoms with E-state index in [0.29, 0.717) is 16.7 Å². The summed E-state index contributed by atoms with van der Waals surface area (Å²) in [5.41, 5.74) is 0.542. The van der Waals surface area contributed by atoms with Gasteiger partial charge in [0.1, 0.15) is 5.82 Å². The first-order chi connectivity index (χ1) is 13.4. The summed E-state index contributed by atoms with van der Waals surface area (Å²) in [7, 11) is -3.60. The first-order valence-corrected chi connectivity index (χ1v) is 9.67. The topological polar surface area (TPSA) is 138 Å². The highest BCUT2D eigenvalue weighted by Gasteiger charge is 2.13. The summed E-state index contributed by atoms with van der Waals surface area (Å²) in [5.74, 6) is 0.372. The monoisotopic (exact) mass is 397 g/mol. The first kappa shape index (κ1) is 19.2. The van der Waals surface area contributed by atoms with Crippen molar-refractivity contribution >= 4 is 32.4 Å². The molecule has 0 saturated carbocycles. The van der Waals surface area contributed by atoms with Gasteiger partial charge < -0.3 is 5.32 Å². The number of fused-ring (bicyclic) bond motifs is 1. The average Bonchev–Trinajstić information content (AvgIpc) is 2.70. The van der Waals surface area contributed by atoms with Crippen molar-refractivity contribution in [1.29, 1.82) is 5.26 Å². The van der Waals surface area contributed by atoms with Gasteiger partial charge in [0, 0.05) is 30.6 Å². The Hall–Kier alpha value is -3.55. The summed E-state index contributed by atoms with van der Waals surface area (Å²) in [4.78, 5) is 14.9. The number of nitrogens with one attached hydrogen (secondary N) is 2. The lowest BCUT2D eigenvalue weighted by Crippen LogP contribution is -2.29. The molecule has 0 bridgehead atoms. The van der Waals surface area contributed by atoms with Crippen LogP contribution in [0, 0.1) is 21.4 Å². The highest BCUT2D eigenvalue weighted by molar-refractivity contribution is 7.89. The number of pyridine rings is 1. The average molecular weight is 397 g/mol. The number of rotatable bonds is 7. The Kier molecular flexibility index (Phi) is 5.49. The van der Waals surface area contributed by atoms with Gasteiger partial charge in [-0.15, -0.1) is 0 Å². The van der Waals surface area contributed by atoms with Gasteiger partial charge in [-0.1, -0.05) is 18.2 Å². The Morgan fingerprint density at radius 1 is 1.11 bits per heavy atom. The lowest BCUT2D eigenvalue weighted by molar-refractivity contribution is -0.384. The summed E-state index contributed by atoms with van der Waals surface area (Å²) < 4.78 is 26.8. The van der Waals surface area contributed by atoms with Crippen molar-refractivity contribution < 1.29 is 13.3 Å². The number of anilines is 1. The van der Waals surface area contributed by atoms with Crippen LogP contribution in [0.4, 0.5) is 11.5 Å². The molecular formula is C18H15N5O4S. The molecule has 142 valence electrons. The molecule has 0 saturated heterocycles. The van der Waals surface area contributed by atoms with Crippen LogP contribution < -0.4 is 10.0 Å². The molecule has 0 fully saturated rings. The molecular weight excluding hydrogens is 382 g/mol. The molecule has 1 aromatic heterocycles. The predicted octanol–water partition coefficient (Wildman–Crippen LogP) is 2.41. The number of sulfonamides is 1. The van der Waals surface area contributed by atoms with Gasteiger partial charge in [0.15, 0.2) is 0 Å². The molecule has 28 heavy (non-hydrogen) atoms. The van der Waals surface area contributed by atoms with E-state index >= 15 is 0 Å². The zero-order chi connectivity index (χ0) is 20.1. The number of benzene rings is 2. The van der Waals surface area contributed by atoms with Crippen LogP contribution in [0.5, 0.6) is 0 Å². The fourth-order valence-corrected chi connectivity index (χ4v) is 3.62. The van der Waals surface area contributed by atoms with Gasteiger partial charge in [0.25, 0.3) is 5.69 Å². The highest BCUT2D eigenvalue weighted by Crippen LogP contribution is 2.24. The normalized spacial score (nSPS) is 11.1. The second-order valence-electron chi connectivity index (χ2n) is 5.76. The van der Waals surface area contributed by atoms with Crippen LogP contribution in [-0.2, 0) is 10.0 Å². The van der Waals surface area contributed by atoms with E-state index in [-0.39, 0.29) is 29.2 Å². The van der Waals surface area contributed by atoms with Gasteiger partial charge >= 0.3 is 0 Å². The number of nitro benzene ring substituents is 1. The molecule has 0 aliphatic heterocycles. The Balaban J connectivity index is 1.70. The Labute approximate surface area is 160 Å². The van der Waals surface area contributed by atoms with E-state index in [9.17, 15) is 23.8 Å². The van der Waals surface area contributed by atoms with Gasteiger partial charge in [-0.3, -0.25) is 10.1 Å². The highest BCUT2D eigenvalue weighted by atomic mass is 32.2. The zero-order valence-electron chi connectivity index (χ0n) is 14.5. The fourth-order valence-electron chi connectivity index (χ4n) is 2.57. The van der Waals surface area contributed by atoms with Crippen LogP contribution in [0.1, 0.15) is 5.56 Å². The van der Waals surface area contributed by atoms with E-state index in [1.807, 2.05) is 6.07 Å². The number of nitriles is 1. The van der Waals surface area contributed by atoms with Crippen LogP contribution in [-0.4, -0.2) is 31.4 Å². The summed E-state index contributed by atoms with van der Waals surface area (Å²) in [5, 5.41) is 23.6. The van der Waals surface area contributed by atoms with Crippen LogP contribution in [0.15, 0.2) is 59.5 Å². The molecule has 0 atom stereocenters. The maximum atomic E-state index is 12.2. The smallest absolute Gasteiger partial charge is 0.270 e. The standard InChI is InChI=1S/C18H15N5O4S/c19-12-13-10-18(22-17-7-6-14(23(24)25)11-16(13)17)20-8-9-21-28(26,27)15-4-2-1-3-5-15/h1-7,10-11,21H,8-9H2,(H,20,22). The largest absolute Gasteiger partial charge is 0.369 e. The molecule has 0 radical (unpaired) electrons. The number of nitro groups is 1. The van der Waals surface area contributed by atoms with Crippen LogP contribution in [0.3, 0.4) is 0 Å². The van der Waals surface area contributed by atoms with Crippen molar-refractivity contribution in [2.75, 3.05) is 18.4 Å². The maximum Gasteiger partial charge on any atom is 0.270 e. The van der Waals surface area contributed by atoms with Gasteiger partial charge in [0.05, 0.1) is 27.0 Å². The molecule has 0 amide bonds. The number of nitrogens with zero attached hydrogens (tertiary/aromatic N) is 3. The van der Waals surface area contributed by atoms with E-state index in [1.165, 1.54) is 36.4 Å². The van der Waals surface area contributed by atoms with E-state index in [2.05, 4.69) is 15.0 Å². The Morgan fingerprint density at radius 2 is 1.86 bits per heavy atom. The Morgan fingerprint density at radius 3 is 2.54 bits per heavy atom. The van der Waals surface area contributed by atoms with Crippen molar-refractivity contribution in [3.63, 3.8) is 0 Å². The van der Waals surface area contributed by atoms with Gasteiger partial charge in [0.2, 0.25) is 10.0 Å². The first-order valence-electron chi connectivity index (χ1n) is 8.18. The van der Waals surface area contributed by atoms with Crippen molar-refractivity contribution in [3.8, 4) is 6.07 Å². The van der Waals surface area contributed by atoms with E-state index in [4.69, 9.17) is 0 Å². The third kappa shape index (κ3) is 4.22. The summed E-state index contributed by atoms with van der Waals surface area (Å²) in [6.07, 6.45) is 0.